The molecule has 0 aromatic heterocycles. The van der Waals surface area contributed by atoms with Gasteiger partial charge in [-0.05, 0) is 67.1 Å². The molecule has 0 aliphatic heterocycles. The Bertz CT molecular complexity index is 1970. The van der Waals surface area contributed by atoms with Crippen molar-refractivity contribution in [1.82, 2.24) is 5.32 Å². The van der Waals surface area contributed by atoms with E-state index in [1.807, 2.05) is 61.5 Å². The van der Waals surface area contributed by atoms with Crippen molar-refractivity contribution in [3.8, 4) is 17.2 Å². The molecule has 0 saturated carbocycles. The summed E-state index contributed by atoms with van der Waals surface area (Å²) in [4.78, 5) is 41.6. The number of para-hydroxylation sites is 3. The fourth-order valence-corrected chi connectivity index (χ4v) is 6.14. The zero-order valence-electron chi connectivity index (χ0n) is 27.8. The molecule has 50 heavy (non-hydrogen) atoms. The number of rotatable bonds is 14. The summed E-state index contributed by atoms with van der Waals surface area (Å²) in [5, 5.41) is 8.06. The van der Waals surface area contributed by atoms with Crippen molar-refractivity contribution in [3.63, 3.8) is 0 Å². The van der Waals surface area contributed by atoms with Crippen molar-refractivity contribution in [2.24, 2.45) is 0 Å². The first-order valence-corrected chi connectivity index (χ1v) is 16.7. The van der Waals surface area contributed by atoms with Crippen molar-refractivity contribution < 1.29 is 28.6 Å². The highest BCUT2D eigenvalue weighted by Gasteiger charge is 2.24. The van der Waals surface area contributed by atoms with Crippen LogP contribution in [0.2, 0.25) is 0 Å². The van der Waals surface area contributed by atoms with Crippen LogP contribution in [-0.4, -0.2) is 38.5 Å². The summed E-state index contributed by atoms with van der Waals surface area (Å²) in [6.07, 6.45) is 1.53. The lowest BCUT2D eigenvalue weighted by Gasteiger charge is -2.19. The second-order valence-corrected chi connectivity index (χ2v) is 11.9. The third kappa shape index (κ3) is 9.12. The first-order valence-electron chi connectivity index (χ1n) is 15.8. The quantitative estimate of drug-likeness (QED) is 0.0801. The Labute approximate surface area is 295 Å². The van der Waals surface area contributed by atoms with Crippen LogP contribution >= 0.6 is 11.8 Å². The topological polar surface area (TPSA) is 115 Å². The Morgan fingerprint density at radius 3 is 2.14 bits per heavy atom. The molecule has 0 saturated heterocycles. The van der Waals surface area contributed by atoms with Crippen LogP contribution in [0.1, 0.15) is 33.7 Å². The highest BCUT2D eigenvalue weighted by atomic mass is 32.2. The second kappa shape index (κ2) is 17.4. The lowest BCUT2D eigenvalue weighted by Crippen LogP contribution is -2.30. The number of thioether (sulfide) groups is 1. The molecule has 0 radical (unpaired) electrons. The predicted molar refractivity (Wildman–Crippen MR) is 198 cm³/mol. The van der Waals surface area contributed by atoms with E-state index in [1.54, 1.807) is 72.8 Å². The average molecular weight is 688 g/mol. The van der Waals surface area contributed by atoms with Crippen molar-refractivity contribution in [2.45, 2.75) is 17.1 Å². The van der Waals surface area contributed by atoms with Crippen LogP contribution in [0.15, 0.2) is 138 Å². The molecule has 254 valence electrons. The summed E-state index contributed by atoms with van der Waals surface area (Å²) >= 11 is 1.34. The number of ether oxygens (including phenoxy) is 3. The summed E-state index contributed by atoms with van der Waals surface area (Å²) in [5.41, 5.74) is 2.74. The number of hydrogen-bond donors (Lipinski definition) is 3. The summed E-state index contributed by atoms with van der Waals surface area (Å²) in [6, 6.07) is 37.8. The number of hydrogen-bond acceptors (Lipinski definition) is 7. The fraction of sp³-hybridized carbons (Fsp3) is 0.125. The van der Waals surface area contributed by atoms with Gasteiger partial charge < -0.3 is 30.2 Å². The number of methoxy groups -OCH3 is 2. The van der Waals surface area contributed by atoms with Crippen molar-refractivity contribution >= 4 is 46.9 Å². The lowest BCUT2D eigenvalue weighted by atomic mass is 10.1. The maximum Gasteiger partial charge on any atom is 0.272 e. The van der Waals surface area contributed by atoms with Gasteiger partial charge in [-0.2, -0.15) is 0 Å². The van der Waals surface area contributed by atoms with Crippen LogP contribution < -0.4 is 30.2 Å². The maximum atomic E-state index is 13.8. The average Bonchev–Trinajstić information content (AvgIpc) is 3.15. The van der Waals surface area contributed by atoms with E-state index >= 15 is 0 Å². The molecule has 0 aliphatic carbocycles. The van der Waals surface area contributed by atoms with E-state index in [0.717, 1.165) is 10.5 Å². The molecule has 5 aromatic rings. The largest absolute Gasteiger partial charge is 0.493 e. The Balaban J connectivity index is 1.42. The van der Waals surface area contributed by atoms with Gasteiger partial charge in [0, 0.05) is 21.7 Å². The molecule has 3 amide bonds. The van der Waals surface area contributed by atoms with Gasteiger partial charge in [0.2, 0.25) is 5.91 Å². The molecule has 1 unspecified atom stereocenters. The first kappa shape index (κ1) is 35.3. The molecule has 0 fully saturated rings. The number of nitrogens with one attached hydrogen (secondary N) is 3. The Morgan fingerprint density at radius 1 is 0.740 bits per heavy atom. The van der Waals surface area contributed by atoms with Gasteiger partial charge in [-0.1, -0.05) is 78.9 Å². The first-order chi connectivity index (χ1) is 24.4. The highest BCUT2D eigenvalue weighted by molar-refractivity contribution is 8.00. The fourth-order valence-electron chi connectivity index (χ4n) is 5.06. The standard InChI is InChI=1S/C40H37N3O6S/c1-4-49-34-23-12-11-22-32(34)42-40(46)37(27-15-7-5-8-16-27)50-31-21-14-20-30(26-31)41-39(45)33(43-38(44)28-17-9-6-10-18-28)25-29-19-13-24-35(47-2)36(29)48-3/h5-26,37H,4H2,1-3H3,(H,41,45)(H,42,46)(H,43,44)/b33-25+. The summed E-state index contributed by atoms with van der Waals surface area (Å²) < 4.78 is 16.7. The summed E-state index contributed by atoms with van der Waals surface area (Å²) in [7, 11) is 3.02. The smallest absolute Gasteiger partial charge is 0.272 e. The van der Waals surface area contributed by atoms with E-state index in [1.165, 1.54) is 32.1 Å². The maximum absolute atomic E-state index is 13.8. The van der Waals surface area contributed by atoms with Crippen LogP contribution in [0.4, 0.5) is 11.4 Å². The molecule has 1 atom stereocenters. The molecule has 10 heteroatoms. The molecule has 9 nitrogen and oxygen atoms in total. The van der Waals surface area contributed by atoms with Gasteiger partial charge in [-0.3, -0.25) is 14.4 Å². The highest BCUT2D eigenvalue weighted by Crippen LogP contribution is 2.38. The van der Waals surface area contributed by atoms with E-state index < -0.39 is 17.1 Å². The Kier molecular flexibility index (Phi) is 12.3. The zero-order chi connectivity index (χ0) is 35.3. The lowest BCUT2D eigenvalue weighted by molar-refractivity contribution is -0.116. The van der Waals surface area contributed by atoms with E-state index in [9.17, 15) is 14.4 Å². The normalized spacial score (nSPS) is 11.5. The van der Waals surface area contributed by atoms with Crippen LogP contribution in [0, 0.1) is 0 Å². The third-order valence-electron chi connectivity index (χ3n) is 7.39. The minimum atomic E-state index is -0.627. The van der Waals surface area contributed by atoms with Gasteiger partial charge in [0.05, 0.1) is 26.5 Å². The van der Waals surface area contributed by atoms with Crippen molar-refractivity contribution in [3.05, 3.63) is 150 Å². The minimum absolute atomic E-state index is 0.0158. The van der Waals surface area contributed by atoms with Gasteiger partial charge >= 0.3 is 0 Å². The Morgan fingerprint density at radius 2 is 1.42 bits per heavy atom. The second-order valence-electron chi connectivity index (χ2n) is 10.8. The molecule has 0 spiro atoms. The Hall–Kier alpha value is -6.00. The van der Waals surface area contributed by atoms with Gasteiger partial charge in [-0.25, -0.2) is 0 Å². The van der Waals surface area contributed by atoms with E-state index in [-0.39, 0.29) is 11.6 Å². The third-order valence-corrected chi connectivity index (χ3v) is 8.64. The van der Waals surface area contributed by atoms with E-state index in [0.29, 0.717) is 46.4 Å². The van der Waals surface area contributed by atoms with E-state index in [2.05, 4.69) is 16.0 Å². The molecule has 0 aliphatic rings. The molecule has 0 heterocycles. The number of anilines is 2. The summed E-state index contributed by atoms with van der Waals surface area (Å²) in [5.74, 6) is 0.204. The number of carbonyl (C=O) groups excluding carboxylic acids is 3. The van der Waals surface area contributed by atoms with Crippen molar-refractivity contribution in [2.75, 3.05) is 31.5 Å². The van der Waals surface area contributed by atoms with Crippen LogP contribution in [0.25, 0.3) is 6.08 Å². The molecule has 5 aromatic carbocycles. The monoisotopic (exact) mass is 687 g/mol. The molecule has 0 bridgehead atoms. The SMILES string of the molecule is CCOc1ccccc1NC(=O)C(Sc1cccc(NC(=O)/C(=C\c2cccc(OC)c2OC)NC(=O)c2ccccc2)c1)c1ccccc1. The van der Waals surface area contributed by atoms with Crippen LogP contribution in [-0.2, 0) is 9.59 Å². The van der Waals surface area contributed by atoms with E-state index in [4.69, 9.17) is 14.2 Å². The van der Waals surface area contributed by atoms with Gasteiger partial charge in [0.1, 0.15) is 16.7 Å². The minimum Gasteiger partial charge on any atom is -0.493 e. The molecule has 5 rings (SSSR count). The molecular formula is C40H37N3O6S. The van der Waals surface area contributed by atoms with Crippen LogP contribution in [0.3, 0.4) is 0 Å². The number of benzene rings is 5. The van der Waals surface area contributed by atoms with Crippen molar-refractivity contribution in [1.29, 1.82) is 0 Å². The number of carbonyl (C=O) groups is 3. The zero-order valence-corrected chi connectivity index (χ0v) is 28.7. The van der Waals surface area contributed by atoms with Gasteiger partial charge in [-0.15, -0.1) is 11.8 Å². The molecule has 3 N–H and O–H groups in total. The van der Waals surface area contributed by atoms with Gasteiger partial charge in [0.25, 0.3) is 11.8 Å². The van der Waals surface area contributed by atoms with Gasteiger partial charge in [0.15, 0.2) is 11.5 Å². The number of amides is 3. The van der Waals surface area contributed by atoms with Crippen LogP contribution in [0.5, 0.6) is 17.2 Å². The summed E-state index contributed by atoms with van der Waals surface area (Å²) in [6.45, 7) is 2.35. The predicted octanol–water partition coefficient (Wildman–Crippen LogP) is 7.98. The molecular weight excluding hydrogens is 651 g/mol.